The third-order valence-corrected chi connectivity index (χ3v) is 4.31. The molecule has 0 radical (unpaired) electrons. The predicted molar refractivity (Wildman–Crippen MR) is 87.6 cm³/mol. The molecule has 0 aliphatic carbocycles. The lowest BCUT2D eigenvalue weighted by Gasteiger charge is -2.31. The summed E-state index contributed by atoms with van der Waals surface area (Å²) >= 11 is 5.96. The van der Waals surface area contributed by atoms with Crippen molar-refractivity contribution in [1.29, 1.82) is 0 Å². The highest BCUT2D eigenvalue weighted by molar-refractivity contribution is 6.31. The van der Waals surface area contributed by atoms with Crippen LogP contribution in [-0.2, 0) is 14.3 Å². The molecule has 1 aliphatic rings. The summed E-state index contributed by atoms with van der Waals surface area (Å²) in [7, 11) is 0. The number of piperidine rings is 1. The summed E-state index contributed by atoms with van der Waals surface area (Å²) in [6.07, 6.45) is 1.56. The van der Waals surface area contributed by atoms with Crippen LogP contribution >= 0.6 is 11.6 Å². The van der Waals surface area contributed by atoms with Crippen molar-refractivity contribution < 1.29 is 19.1 Å². The topological polar surface area (TPSA) is 55.8 Å². The maximum Gasteiger partial charge on any atom is 0.310 e. The van der Waals surface area contributed by atoms with Crippen LogP contribution in [0.3, 0.4) is 0 Å². The zero-order chi connectivity index (χ0) is 16.8. The fourth-order valence-electron chi connectivity index (χ4n) is 2.60. The molecule has 2 rings (SSSR count). The molecule has 0 saturated carbocycles. The second-order valence-corrected chi connectivity index (χ2v) is 6.04. The van der Waals surface area contributed by atoms with Crippen molar-refractivity contribution in [3.63, 3.8) is 0 Å². The summed E-state index contributed by atoms with van der Waals surface area (Å²) < 4.78 is 10.6. The molecule has 0 bridgehead atoms. The van der Waals surface area contributed by atoms with Crippen LogP contribution < -0.4 is 4.74 Å². The molecule has 0 N–H and O–H groups in total. The van der Waals surface area contributed by atoms with E-state index < -0.39 is 0 Å². The molecule has 1 aromatic rings. The first-order chi connectivity index (χ1) is 11.0. The lowest BCUT2D eigenvalue weighted by molar-refractivity contribution is -0.151. The molecule has 6 heteroatoms. The van der Waals surface area contributed by atoms with Crippen molar-refractivity contribution in [2.24, 2.45) is 5.92 Å². The van der Waals surface area contributed by atoms with Crippen molar-refractivity contribution in [2.75, 3.05) is 26.3 Å². The van der Waals surface area contributed by atoms with Crippen molar-refractivity contribution in [3.8, 4) is 5.75 Å². The average Bonchev–Trinajstić information content (AvgIpc) is 2.56. The molecule has 1 saturated heterocycles. The summed E-state index contributed by atoms with van der Waals surface area (Å²) in [5.74, 6) is 0.0375. The number of halogens is 1. The Bertz CT molecular complexity index is 576. The van der Waals surface area contributed by atoms with Gasteiger partial charge in [-0.05, 0) is 50.5 Å². The number of nitrogens with zero attached hydrogens (tertiary/aromatic N) is 1. The number of hydrogen-bond acceptors (Lipinski definition) is 4. The number of benzene rings is 1. The largest absolute Gasteiger partial charge is 0.484 e. The summed E-state index contributed by atoms with van der Waals surface area (Å²) in [6, 6.07) is 5.28. The van der Waals surface area contributed by atoms with E-state index >= 15 is 0 Å². The Morgan fingerprint density at radius 3 is 2.87 bits per heavy atom. The van der Waals surface area contributed by atoms with Gasteiger partial charge in [-0.2, -0.15) is 0 Å². The predicted octanol–water partition coefficient (Wildman–Crippen LogP) is 2.83. The van der Waals surface area contributed by atoms with E-state index in [1.165, 1.54) is 0 Å². The molecule has 1 heterocycles. The summed E-state index contributed by atoms with van der Waals surface area (Å²) in [5.41, 5.74) is 0.900. The fraction of sp³-hybridized carbons (Fsp3) is 0.529. The van der Waals surface area contributed by atoms with E-state index in [4.69, 9.17) is 21.1 Å². The van der Waals surface area contributed by atoms with Crippen LogP contribution in [0.25, 0.3) is 0 Å². The maximum atomic E-state index is 12.3. The number of amides is 1. The van der Waals surface area contributed by atoms with E-state index in [-0.39, 0.29) is 24.4 Å². The Morgan fingerprint density at radius 1 is 1.39 bits per heavy atom. The molecule has 1 aromatic carbocycles. The van der Waals surface area contributed by atoms with Gasteiger partial charge in [-0.3, -0.25) is 9.59 Å². The smallest absolute Gasteiger partial charge is 0.310 e. The third kappa shape index (κ3) is 4.86. The normalized spacial score (nSPS) is 17.7. The SMILES string of the molecule is CCOC(=O)[C@H]1CCCN(C(=O)COc2ccc(Cl)c(C)c2)C1. The van der Waals surface area contributed by atoms with Gasteiger partial charge in [0.2, 0.25) is 0 Å². The van der Waals surface area contributed by atoms with Gasteiger partial charge in [0.15, 0.2) is 6.61 Å². The van der Waals surface area contributed by atoms with Crippen molar-refractivity contribution in [1.82, 2.24) is 4.90 Å². The highest BCUT2D eigenvalue weighted by Crippen LogP contribution is 2.22. The highest BCUT2D eigenvalue weighted by Gasteiger charge is 2.29. The van der Waals surface area contributed by atoms with Crippen LogP contribution in [-0.4, -0.2) is 43.1 Å². The van der Waals surface area contributed by atoms with Gasteiger partial charge in [0.05, 0.1) is 12.5 Å². The van der Waals surface area contributed by atoms with Gasteiger partial charge in [0, 0.05) is 18.1 Å². The van der Waals surface area contributed by atoms with Gasteiger partial charge in [-0.15, -0.1) is 0 Å². The van der Waals surface area contributed by atoms with Gasteiger partial charge < -0.3 is 14.4 Å². The Kier molecular flexibility index (Phi) is 6.28. The van der Waals surface area contributed by atoms with Gasteiger partial charge in [-0.1, -0.05) is 11.6 Å². The van der Waals surface area contributed by atoms with Crippen LogP contribution in [0, 0.1) is 12.8 Å². The minimum atomic E-state index is -0.231. The van der Waals surface area contributed by atoms with Crippen LogP contribution in [0.5, 0.6) is 5.75 Å². The number of likely N-dealkylation sites (tertiary alicyclic amines) is 1. The summed E-state index contributed by atoms with van der Waals surface area (Å²) in [4.78, 5) is 25.8. The van der Waals surface area contributed by atoms with Crippen LogP contribution in [0.2, 0.25) is 5.02 Å². The van der Waals surface area contributed by atoms with Gasteiger partial charge in [0.1, 0.15) is 5.75 Å². The zero-order valence-electron chi connectivity index (χ0n) is 13.5. The molecule has 1 fully saturated rings. The van der Waals surface area contributed by atoms with Crippen molar-refractivity contribution in [2.45, 2.75) is 26.7 Å². The zero-order valence-corrected chi connectivity index (χ0v) is 14.3. The second kappa shape index (κ2) is 8.20. The highest BCUT2D eigenvalue weighted by atomic mass is 35.5. The summed E-state index contributed by atoms with van der Waals surface area (Å²) in [6.45, 7) is 5.04. The molecular formula is C17H22ClNO4. The molecule has 126 valence electrons. The summed E-state index contributed by atoms with van der Waals surface area (Å²) in [5, 5.41) is 0.664. The number of hydrogen-bond donors (Lipinski definition) is 0. The minimum Gasteiger partial charge on any atom is -0.484 e. The van der Waals surface area contributed by atoms with E-state index in [0.717, 1.165) is 18.4 Å². The van der Waals surface area contributed by atoms with E-state index in [1.54, 1.807) is 30.0 Å². The molecular weight excluding hydrogens is 318 g/mol. The minimum absolute atomic E-state index is 0.0450. The Labute approximate surface area is 141 Å². The lowest BCUT2D eigenvalue weighted by atomic mass is 9.98. The van der Waals surface area contributed by atoms with Crippen LogP contribution in [0.1, 0.15) is 25.3 Å². The molecule has 0 aromatic heterocycles. The fourth-order valence-corrected chi connectivity index (χ4v) is 2.72. The number of rotatable bonds is 5. The molecule has 23 heavy (non-hydrogen) atoms. The monoisotopic (exact) mass is 339 g/mol. The average molecular weight is 340 g/mol. The van der Waals surface area contributed by atoms with E-state index in [1.807, 2.05) is 6.92 Å². The molecule has 1 aliphatic heterocycles. The molecule has 5 nitrogen and oxygen atoms in total. The van der Waals surface area contributed by atoms with Gasteiger partial charge in [-0.25, -0.2) is 0 Å². The third-order valence-electron chi connectivity index (χ3n) is 3.89. The van der Waals surface area contributed by atoms with E-state index in [0.29, 0.717) is 30.5 Å². The van der Waals surface area contributed by atoms with Crippen LogP contribution in [0.15, 0.2) is 18.2 Å². The Morgan fingerprint density at radius 2 is 2.17 bits per heavy atom. The first kappa shape index (κ1) is 17.6. The molecule has 0 unspecified atom stereocenters. The molecule has 1 amide bonds. The number of carbonyl (C=O) groups is 2. The first-order valence-electron chi connectivity index (χ1n) is 7.84. The van der Waals surface area contributed by atoms with Gasteiger partial charge >= 0.3 is 5.97 Å². The quantitative estimate of drug-likeness (QED) is 0.774. The Hall–Kier alpha value is -1.75. The first-order valence-corrected chi connectivity index (χ1v) is 8.22. The lowest BCUT2D eigenvalue weighted by Crippen LogP contribution is -2.44. The maximum absolute atomic E-state index is 12.3. The van der Waals surface area contributed by atoms with Crippen LogP contribution in [0.4, 0.5) is 0 Å². The molecule has 0 spiro atoms. The number of aryl methyl sites for hydroxylation is 1. The number of ether oxygens (including phenoxy) is 2. The van der Waals surface area contributed by atoms with Crippen molar-refractivity contribution in [3.05, 3.63) is 28.8 Å². The van der Waals surface area contributed by atoms with Gasteiger partial charge in [0.25, 0.3) is 5.91 Å². The number of carbonyl (C=O) groups excluding carboxylic acids is 2. The van der Waals surface area contributed by atoms with E-state index in [2.05, 4.69) is 0 Å². The standard InChI is InChI=1S/C17H22ClNO4/c1-3-22-17(21)13-5-4-8-19(10-13)16(20)11-23-14-6-7-15(18)12(2)9-14/h6-7,9,13H,3-5,8,10-11H2,1-2H3/t13-/m0/s1. The second-order valence-electron chi connectivity index (χ2n) is 5.63. The Balaban J connectivity index is 1.87. The van der Waals surface area contributed by atoms with Crippen molar-refractivity contribution >= 4 is 23.5 Å². The number of esters is 1. The molecule has 1 atom stereocenters. The van der Waals surface area contributed by atoms with E-state index in [9.17, 15) is 9.59 Å².